The van der Waals surface area contributed by atoms with Gasteiger partial charge in [-0.25, -0.2) is 4.98 Å². The summed E-state index contributed by atoms with van der Waals surface area (Å²) in [7, 11) is 0. The number of rotatable bonds is 1. The average Bonchev–Trinajstić information content (AvgIpc) is 2.80. The Hall–Kier alpha value is -0.330. The summed E-state index contributed by atoms with van der Waals surface area (Å²) in [5.41, 5.74) is 0.00103. The maximum atomic E-state index is 12.8. The van der Waals surface area contributed by atoms with E-state index in [1.165, 1.54) is 13.0 Å². The van der Waals surface area contributed by atoms with Crippen LogP contribution in [0.25, 0.3) is 0 Å². The first-order chi connectivity index (χ1) is 6.89. The third kappa shape index (κ3) is 2.26. The summed E-state index contributed by atoms with van der Waals surface area (Å²) in [6.45, 7) is 1.50. The van der Waals surface area contributed by atoms with Crippen LogP contribution in [0.1, 0.15) is 35.6 Å². The van der Waals surface area contributed by atoms with Crippen molar-refractivity contribution < 1.29 is 13.2 Å². The molecule has 1 aromatic rings. The van der Waals surface area contributed by atoms with Gasteiger partial charge in [-0.1, -0.05) is 0 Å². The fourth-order valence-electron chi connectivity index (χ4n) is 1.68. The quantitative estimate of drug-likeness (QED) is 0.563. The molecule has 0 radical (unpaired) electrons. The summed E-state index contributed by atoms with van der Waals surface area (Å²) < 4.78 is 39.0. The number of alkyl halides is 3. The van der Waals surface area contributed by atoms with Gasteiger partial charge >= 0.3 is 6.18 Å². The zero-order chi connectivity index (χ0) is 11.2. The van der Waals surface area contributed by atoms with Crippen molar-refractivity contribution in [1.29, 1.82) is 0 Å². The highest BCUT2D eigenvalue weighted by molar-refractivity contribution is 14.1. The van der Waals surface area contributed by atoms with Gasteiger partial charge in [0.25, 0.3) is 0 Å². The number of hydrogen-bond donors (Lipinski definition) is 0. The second-order valence-corrected chi connectivity index (χ2v) is 4.90. The Morgan fingerprint density at radius 3 is 2.47 bits per heavy atom. The molecule has 1 aliphatic carbocycles. The molecule has 0 aliphatic heterocycles. The minimum Gasteiger partial charge on any atom is -0.246 e. The Morgan fingerprint density at radius 2 is 2.00 bits per heavy atom. The van der Waals surface area contributed by atoms with Gasteiger partial charge < -0.3 is 0 Å². The van der Waals surface area contributed by atoms with Crippen LogP contribution in [0.3, 0.4) is 0 Å². The summed E-state index contributed by atoms with van der Waals surface area (Å²) in [6.07, 6.45) is -2.62. The van der Waals surface area contributed by atoms with Gasteiger partial charge in [-0.2, -0.15) is 13.2 Å². The first-order valence-electron chi connectivity index (χ1n) is 4.64. The van der Waals surface area contributed by atoms with E-state index in [0.717, 1.165) is 12.8 Å². The highest BCUT2D eigenvalue weighted by Gasteiger charge is 2.40. The molecular formula is C10H9F3IN. The van der Waals surface area contributed by atoms with Crippen molar-refractivity contribution in [2.45, 2.75) is 31.9 Å². The molecule has 0 spiro atoms. The Morgan fingerprint density at radius 1 is 1.40 bits per heavy atom. The number of halogens is 4. The van der Waals surface area contributed by atoms with Crippen LogP contribution in [0.15, 0.2) is 6.07 Å². The van der Waals surface area contributed by atoms with Crippen LogP contribution in [0.2, 0.25) is 0 Å². The van der Waals surface area contributed by atoms with Gasteiger partial charge in [0.15, 0.2) is 0 Å². The first kappa shape index (κ1) is 11.2. The second kappa shape index (κ2) is 3.61. The molecule has 1 aliphatic rings. The monoisotopic (exact) mass is 327 g/mol. The van der Waals surface area contributed by atoms with Gasteiger partial charge in [0.1, 0.15) is 3.70 Å². The molecule has 0 N–H and O–H groups in total. The maximum Gasteiger partial charge on any atom is 0.418 e. The van der Waals surface area contributed by atoms with Crippen LogP contribution >= 0.6 is 22.6 Å². The van der Waals surface area contributed by atoms with Crippen LogP contribution in [-0.4, -0.2) is 4.98 Å². The normalized spacial score (nSPS) is 16.9. The van der Waals surface area contributed by atoms with Crippen molar-refractivity contribution >= 4 is 22.6 Å². The van der Waals surface area contributed by atoms with E-state index in [9.17, 15) is 13.2 Å². The predicted octanol–water partition coefficient (Wildman–Crippen LogP) is 3.89. The molecule has 1 nitrogen and oxygen atoms in total. The summed E-state index contributed by atoms with van der Waals surface area (Å²) in [6, 6.07) is 1.48. The number of aromatic nitrogens is 1. The van der Waals surface area contributed by atoms with E-state index in [4.69, 9.17) is 0 Å². The highest BCUT2D eigenvalue weighted by Crippen LogP contribution is 2.46. The Labute approximate surface area is 99.2 Å². The molecule has 0 aromatic carbocycles. The van der Waals surface area contributed by atoms with E-state index in [1.807, 2.05) is 22.6 Å². The van der Waals surface area contributed by atoms with E-state index < -0.39 is 11.7 Å². The van der Waals surface area contributed by atoms with E-state index in [1.54, 1.807) is 0 Å². The van der Waals surface area contributed by atoms with Crippen molar-refractivity contribution in [3.05, 3.63) is 26.6 Å². The Bertz CT molecular complexity index is 396. The minimum absolute atomic E-state index is 0.0232. The molecule has 0 atom stereocenters. The Kier molecular flexibility index (Phi) is 2.68. The second-order valence-electron chi connectivity index (χ2n) is 3.79. The van der Waals surface area contributed by atoms with Crippen molar-refractivity contribution in [1.82, 2.24) is 4.98 Å². The summed E-state index contributed by atoms with van der Waals surface area (Å²) in [5, 5.41) is 0. The number of aryl methyl sites for hydroxylation is 1. The molecule has 0 bridgehead atoms. The SMILES string of the molecule is Cc1cc(I)nc(C2CC2)c1C(F)(F)F. The van der Waals surface area contributed by atoms with Crippen LogP contribution in [0.4, 0.5) is 13.2 Å². The van der Waals surface area contributed by atoms with E-state index >= 15 is 0 Å². The smallest absolute Gasteiger partial charge is 0.246 e. The lowest BCUT2D eigenvalue weighted by molar-refractivity contribution is -0.139. The molecule has 0 unspecified atom stereocenters. The molecule has 1 heterocycles. The average molecular weight is 327 g/mol. The molecule has 15 heavy (non-hydrogen) atoms. The zero-order valence-corrected chi connectivity index (χ0v) is 10.2. The maximum absolute atomic E-state index is 12.8. The van der Waals surface area contributed by atoms with Gasteiger partial charge in [0, 0.05) is 5.92 Å². The number of hydrogen-bond acceptors (Lipinski definition) is 1. The fraction of sp³-hybridized carbons (Fsp3) is 0.500. The largest absolute Gasteiger partial charge is 0.418 e. The van der Waals surface area contributed by atoms with Crippen LogP contribution in [-0.2, 0) is 6.18 Å². The fourth-order valence-corrected chi connectivity index (χ4v) is 2.40. The van der Waals surface area contributed by atoms with Crippen molar-refractivity contribution in [3.8, 4) is 0 Å². The molecule has 1 aromatic heterocycles. The molecule has 82 valence electrons. The topological polar surface area (TPSA) is 12.9 Å². The zero-order valence-electron chi connectivity index (χ0n) is 8.03. The van der Waals surface area contributed by atoms with Crippen LogP contribution in [0.5, 0.6) is 0 Å². The van der Waals surface area contributed by atoms with E-state index in [-0.39, 0.29) is 17.2 Å². The molecule has 1 saturated carbocycles. The minimum atomic E-state index is -4.28. The molecular weight excluding hydrogens is 318 g/mol. The van der Waals surface area contributed by atoms with Gasteiger partial charge in [-0.3, -0.25) is 0 Å². The van der Waals surface area contributed by atoms with Crippen LogP contribution in [0, 0.1) is 10.6 Å². The lowest BCUT2D eigenvalue weighted by atomic mass is 10.0. The van der Waals surface area contributed by atoms with Crippen molar-refractivity contribution in [3.63, 3.8) is 0 Å². The van der Waals surface area contributed by atoms with Crippen molar-refractivity contribution in [2.75, 3.05) is 0 Å². The predicted molar refractivity (Wildman–Crippen MR) is 58.7 cm³/mol. The number of pyridine rings is 1. The van der Waals surface area contributed by atoms with Gasteiger partial charge in [0.05, 0.1) is 11.3 Å². The molecule has 0 saturated heterocycles. The summed E-state index contributed by atoms with van der Waals surface area (Å²) in [5.74, 6) is 0.0232. The van der Waals surface area contributed by atoms with E-state index in [2.05, 4.69) is 4.98 Å². The van der Waals surface area contributed by atoms with Gasteiger partial charge in [-0.15, -0.1) is 0 Å². The number of nitrogens with zero attached hydrogens (tertiary/aromatic N) is 1. The van der Waals surface area contributed by atoms with Crippen LogP contribution < -0.4 is 0 Å². The Balaban J connectivity index is 2.59. The molecule has 2 rings (SSSR count). The van der Waals surface area contributed by atoms with Gasteiger partial charge in [-0.05, 0) is 54.0 Å². The molecule has 0 amide bonds. The summed E-state index contributed by atoms with van der Waals surface area (Å²) >= 11 is 1.96. The third-order valence-corrected chi connectivity index (χ3v) is 3.01. The lowest BCUT2D eigenvalue weighted by Crippen LogP contribution is -2.13. The highest BCUT2D eigenvalue weighted by atomic mass is 127. The third-order valence-electron chi connectivity index (χ3n) is 2.46. The van der Waals surface area contributed by atoms with E-state index in [0.29, 0.717) is 3.70 Å². The molecule has 5 heteroatoms. The molecule has 1 fully saturated rings. The summed E-state index contributed by atoms with van der Waals surface area (Å²) in [4.78, 5) is 4.03. The standard InChI is InChI=1S/C10H9F3IN/c1-5-4-7(14)15-9(6-2-3-6)8(5)10(11,12)13/h4,6H,2-3H2,1H3. The van der Waals surface area contributed by atoms with Gasteiger partial charge in [0.2, 0.25) is 0 Å². The first-order valence-corrected chi connectivity index (χ1v) is 5.71. The van der Waals surface area contributed by atoms with Crippen molar-refractivity contribution in [2.24, 2.45) is 0 Å². The lowest BCUT2D eigenvalue weighted by Gasteiger charge is -2.14.